The van der Waals surface area contributed by atoms with Crippen molar-refractivity contribution < 1.29 is 0 Å². The lowest BCUT2D eigenvalue weighted by Gasteiger charge is -2.28. The van der Waals surface area contributed by atoms with Crippen LogP contribution in [0.3, 0.4) is 0 Å². The standard InChI is InChI=1S/C20H38/c1-7-10-11-12-13-16(5)19-14-20(19)17(6)18(9-3)15(4)8-2/h8,15-20H,2,7,9-14H2,1,3-6H3. The molecular formula is C20H38. The molecule has 0 aliphatic heterocycles. The number of hydrogen-bond donors (Lipinski definition) is 0. The average Bonchev–Trinajstić information content (AvgIpc) is 3.24. The summed E-state index contributed by atoms with van der Waals surface area (Å²) in [6.07, 6.45) is 12.1. The fourth-order valence-electron chi connectivity index (χ4n) is 4.32. The first kappa shape index (κ1) is 17.8. The largest absolute Gasteiger partial charge is 0.103 e. The second-order valence-electron chi connectivity index (χ2n) is 7.42. The lowest BCUT2D eigenvalue weighted by molar-refractivity contribution is 0.236. The van der Waals surface area contributed by atoms with Crippen LogP contribution in [0, 0.1) is 35.5 Å². The second-order valence-corrected chi connectivity index (χ2v) is 7.42. The molecule has 20 heavy (non-hydrogen) atoms. The molecule has 0 heteroatoms. The van der Waals surface area contributed by atoms with Crippen LogP contribution in [0.25, 0.3) is 0 Å². The normalized spacial score (nSPS) is 27.6. The van der Waals surface area contributed by atoms with Gasteiger partial charge < -0.3 is 0 Å². The SMILES string of the molecule is C=CC(C)C(CC)C(C)C1CC1C(C)CCCCCC. The van der Waals surface area contributed by atoms with Crippen molar-refractivity contribution in [3.63, 3.8) is 0 Å². The van der Waals surface area contributed by atoms with Gasteiger partial charge in [-0.05, 0) is 41.9 Å². The molecule has 1 rings (SSSR count). The molecule has 0 aromatic rings. The quantitative estimate of drug-likeness (QED) is 0.291. The van der Waals surface area contributed by atoms with E-state index in [0.717, 1.165) is 29.6 Å². The van der Waals surface area contributed by atoms with E-state index >= 15 is 0 Å². The Labute approximate surface area is 128 Å². The maximum absolute atomic E-state index is 4.00. The van der Waals surface area contributed by atoms with Crippen LogP contribution in [0.5, 0.6) is 0 Å². The molecule has 0 aromatic heterocycles. The molecule has 0 aromatic carbocycles. The minimum atomic E-state index is 0.677. The summed E-state index contributed by atoms with van der Waals surface area (Å²) in [5, 5.41) is 0. The number of allylic oxidation sites excluding steroid dienone is 1. The van der Waals surface area contributed by atoms with Gasteiger partial charge in [-0.15, -0.1) is 6.58 Å². The van der Waals surface area contributed by atoms with E-state index < -0.39 is 0 Å². The zero-order valence-electron chi connectivity index (χ0n) is 14.7. The lowest BCUT2D eigenvalue weighted by atomic mass is 9.78. The van der Waals surface area contributed by atoms with Gasteiger partial charge in [0.1, 0.15) is 0 Å². The molecule has 0 heterocycles. The van der Waals surface area contributed by atoms with Crippen molar-refractivity contribution in [3.8, 4) is 0 Å². The Bertz CT molecular complexity index is 267. The van der Waals surface area contributed by atoms with Gasteiger partial charge in [0, 0.05) is 0 Å². The van der Waals surface area contributed by atoms with Crippen LogP contribution in [0.4, 0.5) is 0 Å². The van der Waals surface area contributed by atoms with Crippen molar-refractivity contribution in [3.05, 3.63) is 12.7 Å². The highest BCUT2D eigenvalue weighted by Crippen LogP contribution is 2.53. The molecule has 0 saturated heterocycles. The summed E-state index contributed by atoms with van der Waals surface area (Å²) in [5.74, 6) is 5.39. The van der Waals surface area contributed by atoms with Crippen molar-refractivity contribution in [1.29, 1.82) is 0 Å². The van der Waals surface area contributed by atoms with Gasteiger partial charge in [0.2, 0.25) is 0 Å². The Hall–Kier alpha value is -0.260. The molecule has 118 valence electrons. The summed E-state index contributed by atoms with van der Waals surface area (Å²) < 4.78 is 0. The summed E-state index contributed by atoms with van der Waals surface area (Å²) in [6, 6.07) is 0. The van der Waals surface area contributed by atoms with Crippen LogP contribution in [0.15, 0.2) is 12.7 Å². The molecule has 1 saturated carbocycles. The van der Waals surface area contributed by atoms with Crippen LogP contribution in [-0.4, -0.2) is 0 Å². The Morgan fingerprint density at radius 1 is 1.05 bits per heavy atom. The highest BCUT2D eigenvalue weighted by molar-refractivity contribution is 4.96. The van der Waals surface area contributed by atoms with Crippen molar-refractivity contribution >= 4 is 0 Å². The molecule has 0 spiro atoms. The minimum Gasteiger partial charge on any atom is -0.103 e. The molecule has 1 aliphatic carbocycles. The summed E-state index contributed by atoms with van der Waals surface area (Å²) in [6.45, 7) is 16.0. The predicted molar refractivity (Wildman–Crippen MR) is 91.8 cm³/mol. The first-order valence-corrected chi connectivity index (χ1v) is 9.19. The van der Waals surface area contributed by atoms with E-state index in [0.29, 0.717) is 5.92 Å². The highest BCUT2D eigenvalue weighted by atomic mass is 14.5. The van der Waals surface area contributed by atoms with Crippen LogP contribution in [-0.2, 0) is 0 Å². The molecule has 0 amide bonds. The summed E-state index contributed by atoms with van der Waals surface area (Å²) in [7, 11) is 0. The molecular weight excluding hydrogens is 240 g/mol. The topological polar surface area (TPSA) is 0 Å². The molecule has 1 fully saturated rings. The van der Waals surface area contributed by atoms with Crippen LogP contribution in [0.2, 0.25) is 0 Å². The second kappa shape index (κ2) is 8.90. The number of rotatable bonds is 11. The van der Waals surface area contributed by atoms with Gasteiger partial charge in [-0.2, -0.15) is 0 Å². The zero-order chi connectivity index (χ0) is 15.1. The van der Waals surface area contributed by atoms with E-state index in [9.17, 15) is 0 Å². The van der Waals surface area contributed by atoms with Crippen LogP contribution in [0.1, 0.15) is 79.6 Å². The first-order chi connectivity index (χ1) is 9.56. The van der Waals surface area contributed by atoms with Crippen molar-refractivity contribution in [2.24, 2.45) is 35.5 Å². The van der Waals surface area contributed by atoms with Crippen LogP contribution < -0.4 is 0 Å². The highest BCUT2D eigenvalue weighted by Gasteiger charge is 2.45. The molecule has 0 N–H and O–H groups in total. The summed E-state index contributed by atoms with van der Waals surface area (Å²) >= 11 is 0. The number of unbranched alkanes of at least 4 members (excludes halogenated alkanes) is 3. The predicted octanol–water partition coefficient (Wildman–Crippen LogP) is 6.71. The maximum Gasteiger partial charge on any atom is -0.0234 e. The van der Waals surface area contributed by atoms with E-state index in [4.69, 9.17) is 0 Å². The van der Waals surface area contributed by atoms with Gasteiger partial charge in [-0.25, -0.2) is 0 Å². The number of hydrogen-bond acceptors (Lipinski definition) is 0. The molecule has 0 bridgehead atoms. The van der Waals surface area contributed by atoms with Crippen molar-refractivity contribution in [2.75, 3.05) is 0 Å². The molecule has 6 unspecified atom stereocenters. The molecule has 0 radical (unpaired) electrons. The van der Waals surface area contributed by atoms with Gasteiger partial charge in [-0.3, -0.25) is 0 Å². The monoisotopic (exact) mass is 278 g/mol. The van der Waals surface area contributed by atoms with Crippen molar-refractivity contribution in [1.82, 2.24) is 0 Å². The van der Waals surface area contributed by atoms with E-state index in [1.165, 1.54) is 44.9 Å². The fourth-order valence-corrected chi connectivity index (χ4v) is 4.32. The van der Waals surface area contributed by atoms with Gasteiger partial charge in [-0.1, -0.05) is 79.2 Å². The fraction of sp³-hybridized carbons (Fsp3) is 0.900. The van der Waals surface area contributed by atoms with Crippen LogP contribution >= 0.6 is 0 Å². The van der Waals surface area contributed by atoms with Gasteiger partial charge in [0.25, 0.3) is 0 Å². The van der Waals surface area contributed by atoms with E-state index in [1.54, 1.807) is 0 Å². The van der Waals surface area contributed by atoms with Crippen molar-refractivity contribution in [2.45, 2.75) is 79.6 Å². The van der Waals surface area contributed by atoms with Gasteiger partial charge in [0.05, 0.1) is 0 Å². The third-order valence-electron chi connectivity index (χ3n) is 6.00. The third-order valence-corrected chi connectivity index (χ3v) is 6.00. The van der Waals surface area contributed by atoms with E-state index in [2.05, 4.69) is 47.3 Å². The van der Waals surface area contributed by atoms with E-state index in [1.807, 2.05) is 0 Å². The summed E-state index contributed by atoms with van der Waals surface area (Å²) in [4.78, 5) is 0. The zero-order valence-corrected chi connectivity index (χ0v) is 14.7. The summed E-state index contributed by atoms with van der Waals surface area (Å²) in [5.41, 5.74) is 0. The average molecular weight is 279 g/mol. The van der Waals surface area contributed by atoms with Gasteiger partial charge >= 0.3 is 0 Å². The molecule has 0 nitrogen and oxygen atoms in total. The van der Waals surface area contributed by atoms with E-state index in [-0.39, 0.29) is 0 Å². The lowest BCUT2D eigenvalue weighted by Crippen LogP contribution is -2.20. The Kier molecular flexibility index (Phi) is 7.92. The third kappa shape index (κ3) is 4.93. The van der Waals surface area contributed by atoms with Gasteiger partial charge in [0.15, 0.2) is 0 Å². The minimum absolute atomic E-state index is 0.677. The molecule has 1 aliphatic rings. The molecule has 6 atom stereocenters. The Morgan fingerprint density at radius 3 is 2.30 bits per heavy atom. The maximum atomic E-state index is 4.00. The smallest absolute Gasteiger partial charge is 0.0234 e. The Balaban J connectivity index is 2.34. The first-order valence-electron chi connectivity index (χ1n) is 9.19. The Morgan fingerprint density at radius 2 is 1.75 bits per heavy atom.